The van der Waals surface area contributed by atoms with Crippen molar-refractivity contribution in [3.05, 3.63) is 70.6 Å². The molecule has 0 aliphatic carbocycles. The first kappa shape index (κ1) is 27.1. The Morgan fingerprint density at radius 2 is 1.92 bits per heavy atom. The van der Waals surface area contributed by atoms with Gasteiger partial charge in [0, 0.05) is 18.0 Å². The number of aromatic nitrogens is 2. The quantitative estimate of drug-likeness (QED) is 0.442. The van der Waals surface area contributed by atoms with Gasteiger partial charge in [-0.2, -0.15) is 13.2 Å². The number of esters is 1. The number of alkyl halides is 3. The summed E-state index contributed by atoms with van der Waals surface area (Å²) in [5, 5.41) is 11.1. The van der Waals surface area contributed by atoms with E-state index < -0.39 is 35.1 Å². The van der Waals surface area contributed by atoms with E-state index in [0.29, 0.717) is 0 Å². The highest BCUT2D eigenvalue weighted by Crippen LogP contribution is 2.51. The number of fused-ring (bicyclic) bond motifs is 1. The van der Waals surface area contributed by atoms with Crippen LogP contribution in [0.3, 0.4) is 0 Å². The molecule has 4 rings (SSSR count). The number of likely N-dealkylation sites (N-methyl/N-ethyl adjacent to an activating group) is 1. The smallest absolute Gasteiger partial charge is 0.422 e. The maximum atomic E-state index is 14.5. The minimum Gasteiger partial charge on any atom is -0.482 e. The highest BCUT2D eigenvalue weighted by molar-refractivity contribution is 6.31. The maximum Gasteiger partial charge on any atom is 0.422 e. The lowest BCUT2D eigenvalue weighted by Crippen LogP contribution is -2.47. The number of rotatable bonds is 6. The fourth-order valence-electron chi connectivity index (χ4n) is 4.02. The van der Waals surface area contributed by atoms with Gasteiger partial charge in [0.05, 0.1) is 25.2 Å². The molecule has 1 aliphatic rings. The topological polar surface area (TPSA) is 111 Å². The van der Waals surface area contributed by atoms with E-state index in [0.717, 1.165) is 18.3 Å². The summed E-state index contributed by atoms with van der Waals surface area (Å²) in [5.41, 5.74) is -3.81. The number of aliphatic hydroxyl groups is 1. The Bertz CT molecular complexity index is 1390. The van der Waals surface area contributed by atoms with Gasteiger partial charge in [-0.3, -0.25) is 4.79 Å². The molecule has 1 N–H and O–H groups in total. The number of carbonyl (C=O) groups excluding carboxylic acids is 2. The van der Waals surface area contributed by atoms with E-state index in [2.05, 4.69) is 14.7 Å². The van der Waals surface area contributed by atoms with Gasteiger partial charge >= 0.3 is 12.1 Å². The molecule has 200 valence electrons. The fourth-order valence-corrected chi connectivity index (χ4v) is 4.35. The third-order valence-corrected chi connectivity index (χ3v) is 6.56. The SMILES string of the molecule is COC(=O)c1cnc(Oc2ccc([C@@H](C)[C@@](O)(c3ccc4c(c3)N(C)C(=O)CO4)C(F)(F)F)c(Cl)c2)cn1. The second-order valence-electron chi connectivity index (χ2n) is 8.43. The lowest BCUT2D eigenvalue weighted by molar-refractivity contribution is -0.274. The van der Waals surface area contributed by atoms with Crippen LogP contribution in [-0.4, -0.2) is 53.9 Å². The number of anilines is 1. The van der Waals surface area contributed by atoms with Crippen LogP contribution in [0.25, 0.3) is 0 Å². The van der Waals surface area contributed by atoms with Crippen LogP contribution >= 0.6 is 11.6 Å². The number of nitrogens with zero attached hydrogens (tertiary/aromatic N) is 3. The molecule has 2 heterocycles. The minimum absolute atomic E-state index is 0.00346. The number of hydrogen-bond acceptors (Lipinski definition) is 8. The van der Waals surface area contributed by atoms with E-state index in [4.69, 9.17) is 21.1 Å². The summed E-state index contributed by atoms with van der Waals surface area (Å²) in [4.78, 5) is 32.4. The molecule has 2 aromatic carbocycles. The fraction of sp³-hybridized carbons (Fsp3) is 0.280. The number of benzene rings is 2. The zero-order valence-corrected chi connectivity index (χ0v) is 21.0. The van der Waals surface area contributed by atoms with Gasteiger partial charge in [0.25, 0.3) is 5.91 Å². The summed E-state index contributed by atoms with van der Waals surface area (Å²) in [6, 6.07) is 7.40. The average Bonchev–Trinajstić information content (AvgIpc) is 2.89. The molecule has 38 heavy (non-hydrogen) atoms. The van der Waals surface area contributed by atoms with Crippen molar-refractivity contribution in [3.8, 4) is 17.4 Å². The maximum absolute atomic E-state index is 14.5. The molecule has 3 aromatic rings. The molecule has 9 nitrogen and oxygen atoms in total. The normalized spacial score (nSPS) is 15.7. The third-order valence-electron chi connectivity index (χ3n) is 6.23. The van der Waals surface area contributed by atoms with E-state index in [-0.39, 0.29) is 46.0 Å². The lowest BCUT2D eigenvalue weighted by Gasteiger charge is -2.38. The van der Waals surface area contributed by atoms with Crippen LogP contribution in [-0.2, 0) is 15.1 Å². The lowest BCUT2D eigenvalue weighted by atomic mass is 9.77. The minimum atomic E-state index is -5.12. The predicted molar refractivity (Wildman–Crippen MR) is 129 cm³/mol. The van der Waals surface area contributed by atoms with E-state index in [1.54, 1.807) is 0 Å². The summed E-state index contributed by atoms with van der Waals surface area (Å²) >= 11 is 6.35. The monoisotopic (exact) mass is 551 g/mol. The van der Waals surface area contributed by atoms with Gasteiger partial charge in [-0.15, -0.1) is 0 Å². The van der Waals surface area contributed by atoms with Crippen LogP contribution in [0, 0.1) is 0 Å². The molecule has 1 aliphatic heterocycles. The van der Waals surface area contributed by atoms with Crippen LogP contribution in [0.2, 0.25) is 5.02 Å². The van der Waals surface area contributed by atoms with Gasteiger partial charge in [-0.05, 0) is 35.4 Å². The van der Waals surface area contributed by atoms with E-state index in [1.807, 2.05) is 0 Å². The summed E-state index contributed by atoms with van der Waals surface area (Å²) in [6.07, 6.45) is -2.81. The van der Waals surface area contributed by atoms with E-state index in [9.17, 15) is 27.9 Å². The van der Waals surface area contributed by atoms with Crippen molar-refractivity contribution in [2.45, 2.75) is 24.6 Å². The van der Waals surface area contributed by atoms with Crippen LogP contribution in [0.5, 0.6) is 17.4 Å². The molecule has 0 fully saturated rings. The molecule has 0 saturated carbocycles. The first-order valence-electron chi connectivity index (χ1n) is 11.1. The Morgan fingerprint density at radius 1 is 1.18 bits per heavy atom. The largest absolute Gasteiger partial charge is 0.482 e. The molecule has 0 saturated heterocycles. The number of amides is 1. The number of carbonyl (C=O) groups is 2. The summed E-state index contributed by atoms with van der Waals surface area (Å²) in [6.45, 7) is 0.949. The van der Waals surface area contributed by atoms with Crippen molar-refractivity contribution in [2.75, 3.05) is 25.7 Å². The van der Waals surface area contributed by atoms with Crippen LogP contribution in [0.1, 0.15) is 34.5 Å². The number of methoxy groups -OCH3 is 1. The molecule has 13 heteroatoms. The second kappa shape index (κ2) is 10.1. The first-order valence-corrected chi connectivity index (χ1v) is 11.4. The Labute approximate surface area is 219 Å². The second-order valence-corrected chi connectivity index (χ2v) is 8.83. The standard InChI is InChI=1S/C25H21ClF3N3O6/c1-13(16-6-5-15(9-17(16)26)38-21-11-30-18(10-31-21)23(34)36-3)24(35,25(27,28)29)14-4-7-20-19(8-14)32(2)22(33)12-37-20/h4-11,13,35H,12H2,1-3H3/t13-,24-/m1/s1. The number of halogens is 4. The molecule has 0 spiro atoms. The van der Waals surface area contributed by atoms with Gasteiger partial charge in [0.1, 0.15) is 11.5 Å². The van der Waals surface area contributed by atoms with Crippen LogP contribution in [0.4, 0.5) is 18.9 Å². The van der Waals surface area contributed by atoms with Crippen molar-refractivity contribution < 1.29 is 42.1 Å². The van der Waals surface area contributed by atoms with Crippen molar-refractivity contribution >= 4 is 29.2 Å². The molecule has 1 aromatic heterocycles. The first-order chi connectivity index (χ1) is 17.9. The zero-order chi connectivity index (χ0) is 27.8. The Kier molecular flexibility index (Phi) is 7.22. The van der Waals surface area contributed by atoms with Gasteiger partial charge in [0.2, 0.25) is 5.88 Å². The van der Waals surface area contributed by atoms with Crippen molar-refractivity contribution in [2.24, 2.45) is 0 Å². The summed E-state index contributed by atoms with van der Waals surface area (Å²) in [7, 11) is 2.60. The molecule has 0 bridgehead atoms. The van der Waals surface area contributed by atoms with Crippen molar-refractivity contribution in [3.63, 3.8) is 0 Å². The predicted octanol–water partition coefficient (Wildman–Crippen LogP) is 4.62. The number of ether oxygens (including phenoxy) is 3. The zero-order valence-electron chi connectivity index (χ0n) is 20.2. The Balaban J connectivity index is 1.66. The molecule has 1 amide bonds. The third kappa shape index (κ3) is 4.84. The molecular formula is C25H21ClF3N3O6. The highest BCUT2D eigenvalue weighted by atomic mass is 35.5. The van der Waals surface area contributed by atoms with Gasteiger partial charge in [-0.1, -0.05) is 30.7 Å². The van der Waals surface area contributed by atoms with Crippen LogP contribution < -0.4 is 14.4 Å². The van der Waals surface area contributed by atoms with Gasteiger partial charge < -0.3 is 24.2 Å². The molecule has 0 radical (unpaired) electrons. The van der Waals surface area contributed by atoms with Crippen molar-refractivity contribution in [1.82, 2.24) is 9.97 Å². The average molecular weight is 552 g/mol. The number of hydrogen-bond donors (Lipinski definition) is 1. The summed E-state index contributed by atoms with van der Waals surface area (Å²) in [5.74, 6) is -2.36. The highest BCUT2D eigenvalue weighted by Gasteiger charge is 2.59. The van der Waals surface area contributed by atoms with Crippen LogP contribution in [0.15, 0.2) is 48.8 Å². The van der Waals surface area contributed by atoms with Gasteiger partial charge in [-0.25, -0.2) is 14.8 Å². The molecule has 0 unspecified atom stereocenters. The Morgan fingerprint density at radius 3 is 2.53 bits per heavy atom. The van der Waals surface area contributed by atoms with Crippen molar-refractivity contribution in [1.29, 1.82) is 0 Å². The van der Waals surface area contributed by atoms with E-state index in [1.165, 1.54) is 56.4 Å². The Hall–Kier alpha value is -3.90. The van der Waals surface area contributed by atoms with Gasteiger partial charge in [0.15, 0.2) is 17.9 Å². The molecular weight excluding hydrogens is 531 g/mol. The summed E-state index contributed by atoms with van der Waals surface area (Å²) < 4.78 is 58.8. The molecule has 2 atom stereocenters. The van der Waals surface area contributed by atoms with E-state index >= 15 is 0 Å².